The molecule has 0 bridgehead atoms. The molecule has 0 unspecified atom stereocenters. The topological polar surface area (TPSA) is 71.5 Å². The Hall–Kier alpha value is -1.95. The monoisotopic (exact) mass is 331 g/mol. The average molecular weight is 331 g/mol. The number of hydrogen-bond donors (Lipinski definition) is 1. The Kier molecular flexibility index (Phi) is 4.85. The van der Waals surface area contributed by atoms with Crippen LogP contribution in [0.25, 0.3) is 0 Å². The summed E-state index contributed by atoms with van der Waals surface area (Å²) in [6.45, 7) is 6.51. The van der Waals surface area contributed by atoms with Crippen molar-refractivity contribution in [3.05, 3.63) is 30.1 Å². The highest BCUT2D eigenvalue weighted by Gasteiger charge is 2.48. The van der Waals surface area contributed by atoms with Crippen molar-refractivity contribution in [3.63, 3.8) is 0 Å². The molecule has 1 aromatic rings. The first-order valence-corrected chi connectivity index (χ1v) is 8.60. The molecule has 6 nitrogen and oxygen atoms in total. The maximum atomic E-state index is 12.0. The van der Waals surface area contributed by atoms with E-state index in [0.29, 0.717) is 37.7 Å². The molecule has 1 aromatic heterocycles. The first kappa shape index (κ1) is 16.9. The van der Waals surface area contributed by atoms with E-state index in [4.69, 9.17) is 4.74 Å². The van der Waals surface area contributed by atoms with Crippen LogP contribution in [0.5, 0.6) is 0 Å². The second-order valence-electron chi connectivity index (χ2n) is 7.20. The summed E-state index contributed by atoms with van der Waals surface area (Å²) in [5, 5.41) is 2.95. The van der Waals surface area contributed by atoms with Crippen LogP contribution in [0.1, 0.15) is 37.0 Å². The van der Waals surface area contributed by atoms with Crippen LogP contribution in [0, 0.1) is 11.8 Å². The van der Waals surface area contributed by atoms with E-state index in [1.807, 2.05) is 18.7 Å². The fourth-order valence-corrected chi connectivity index (χ4v) is 3.33. The largest absolute Gasteiger partial charge is 0.371 e. The first-order valence-electron chi connectivity index (χ1n) is 8.60. The molecule has 2 saturated heterocycles. The van der Waals surface area contributed by atoms with E-state index in [2.05, 4.69) is 10.3 Å². The number of nitrogens with zero attached hydrogens (tertiary/aromatic N) is 2. The second kappa shape index (κ2) is 6.89. The SMILES string of the molecule is CC(C)C(=O)N1CC2(CC[C@H](CNC(=O)c3cccnc3)CO2)C1. The zero-order chi connectivity index (χ0) is 17.2. The van der Waals surface area contributed by atoms with E-state index in [9.17, 15) is 9.59 Å². The van der Waals surface area contributed by atoms with Crippen LogP contribution in [0.3, 0.4) is 0 Å². The van der Waals surface area contributed by atoms with Gasteiger partial charge in [-0.3, -0.25) is 14.6 Å². The van der Waals surface area contributed by atoms with Crippen molar-refractivity contribution >= 4 is 11.8 Å². The number of carbonyl (C=O) groups is 2. The quantitative estimate of drug-likeness (QED) is 0.907. The molecule has 1 spiro atoms. The predicted octanol–water partition coefficient (Wildman–Crippen LogP) is 1.47. The Morgan fingerprint density at radius 2 is 2.25 bits per heavy atom. The Balaban J connectivity index is 1.40. The summed E-state index contributed by atoms with van der Waals surface area (Å²) >= 11 is 0. The van der Waals surface area contributed by atoms with Gasteiger partial charge in [0.1, 0.15) is 5.60 Å². The number of aromatic nitrogens is 1. The van der Waals surface area contributed by atoms with Gasteiger partial charge >= 0.3 is 0 Å². The van der Waals surface area contributed by atoms with Gasteiger partial charge in [0.05, 0.1) is 25.3 Å². The Labute approximate surface area is 142 Å². The van der Waals surface area contributed by atoms with Gasteiger partial charge in [-0.05, 0) is 30.9 Å². The number of likely N-dealkylation sites (tertiary alicyclic amines) is 1. The van der Waals surface area contributed by atoms with Gasteiger partial charge in [-0.2, -0.15) is 0 Å². The summed E-state index contributed by atoms with van der Waals surface area (Å²) in [5.41, 5.74) is 0.432. The lowest BCUT2D eigenvalue weighted by Crippen LogP contribution is -2.67. The number of rotatable bonds is 4. The molecule has 1 N–H and O–H groups in total. The van der Waals surface area contributed by atoms with Crippen molar-refractivity contribution in [2.45, 2.75) is 32.3 Å². The first-order chi connectivity index (χ1) is 11.5. The van der Waals surface area contributed by atoms with E-state index >= 15 is 0 Å². The van der Waals surface area contributed by atoms with Gasteiger partial charge in [0.15, 0.2) is 0 Å². The standard InChI is InChI=1S/C18H25N3O3/c1-13(2)17(23)21-11-18(12-21)6-5-14(10-24-18)8-20-16(22)15-4-3-7-19-9-15/h3-4,7,9,13-14H,5-6,8,10-12H2,1-2H3,(H,20,22)/t14-/m1/s1. The maximum Gasteiger partial charge on any atom is 0.252 e. The van der Waals surface area contributed by atoms with Gasteiger partial charge < -0.3 is 15.0 Å². The molecule has 0 saturated carbocycles. The highest BCUT2D eigenvalue weighted by atomic mass is 16.5. The molecule has 6 heteroatoms. The van der Waals surface area contributed by atoms with Crippen molar-refractivity contribution < 1.29 is 14.3 Å². The van der Waals surface area contributed by atoms with Gasteiger partial charge in [0.2, 0.25) is 5.91 Å². The van der Waals surface area contributed by atoms with Crippen LogP contribution in [0.2, 0.25) is 0 Å². The number of carbonyl (C=O) groups excluding carboxylic acids is 2. The van der Waals surface area contributed by atoms with Crippen LogP contribution >= 0.6 is 0 Å². The third-order valence-corrected chi connectivity index (χ3v) is 4.87. The fourth-order valence-electron chi connectivity index (χ4n) is 3.33. The zero-order valence-corrected chi connectivity index (χ0v) is 14.3. The molecule has 0 radical (unpaired) electrons. The minimum absolute atomic E-state index is 0.0429. The Morgan fingerprint density at radius 1 is 1.46 bits per heavy atom. The van der Waals surface area contributed by atoms with Crippen molar-refractivity contribution in [2.24, 2.45) is 11.8 Å². The molecule has 3 rings (SSSR count). The highest BCUT2D eigenvalue weighted by Crippen LogP contribution is 2.36. The van der Waals surface area contributed by atoms with E-state index < -0.39 is 0 Å². The van der Waals surface area contributed by atoms with E-state index in [1.54, 1.807) is 24.5 Å². The number of nitrogens with one attached hydrogen (secondary N) is 1. The molecule has 0 aliphatic carbocycles. The highest BCUT2D eigenvalue weighted by molar-refractivity contribution is 5.93. The van der Waals surface area contributed by atoms with Crippen molar-refractivity contribution in [1.82, 2.24) is 15.2 Å². The van der Waals surface area contributed by atoms with Crippen LogP contribution in [0.15, 0.2) is 24.5 Å². The van der Waals surface area contributed by atoms with Gasteiger partial charge in [-0.25, -0.2) is 0 Å². The minimum atomic E-state index is -0.144. The van der Waals surface area contributed by atoms with Crippen LogP contribution < -0.4 is 5.32 Å². The third kappa shape index (κ3) is 3.59. The van der Waals surface area contributed by atoms with Crippen molar-refractivity contribution in [2.75, 3.05) is 26.2 Å². The summed E-state index contributed by atoms with van der Waals surface area (Å²) in [6.07, 6.45) is 5.17. The second-order valence-corrected chi connectivity index (χ2v) is 7.20. The maximum absolute atomic E-state index is 12.0. The van der Waals surface area contributed by atoms with Crippen molar-refractivity contribution in [3.8, 4) is 0 Å². The van der Waals surface area contributed by atoms with E-state index in [-0.39, 0.29) is 23.3 Å². The van der Waals surface area contributed by atoms with Crippen molar-refractivity contribution in [1.29, 1.82) is 0 Å². The minimum Gasteiger partial charge on any atom is -0.371 e. The molecule has 2 amide bonds. The fraction of sp³-hybridized carbons (Fsp3) is 0.611. The van der Waals surface area contributed by atoms with Crippen LogP contribution in [-0.4, -0.2) is 53.5 Å². The van der Waals surface area contributed by atoms with Gasteiger partial charge in [0, 0.05) is 24.9 Å². The molecule has 130 valence electrons. The smallest absolute Gasteiger partial charge is 0.252 e. The summed E-state index contributed by atoms with van der Waals surface area (Å²) in [7, 11) is 0. The summed E-state index contributed by atoms with van der Waals surface area (Å²) < 4.78 is 6.05. The number of hydrogen-bond acceptors (Lipinski definition) is 4. The number of ether oxygens (including phenoxy) is 1. The molecule has 2 fully saturated rings. The summed E-state index contributed by atoms with van der Waals surface area (Å²) in [6, 6.07) is 3.51. The summed E-state index contributed by atoms with van der Waals surface area (Å²) in [5.74, 6) is 0.475. The molecule has 0 aromatic carbocycles. The zero-order valence-electron chi connectivity index (χ0n) is 14.3. The molecule has 1 atom stereocenters. The molecule has 24 heavy (non-hydrogen) atoms. The summed E-state index contributed by atoms with van der Waals surface area (Å²) in [4.78, 5) is 29.8. The predicted molar refractivity (Wildman–Crippen MR) is 89.4 cm³/mol. The Bertz CT molecular complexity index is 587. The molecular formula is C18H25N3O3. The van der Waals surface area contributed by atoms with Gasteiger partial charge in [-0.1, -0.05) is 13.8 Å². The van der Waals surface area contributed by atoms with E-state index in [0.717, 1.165) is 12.8 Å². The van der Waals surface area contributed by atoms with E-state index in [1.165, 1.54) is 0 Å². The normalized spacial score (nSPS) is 22.3. The number of amides is 2. The molecule has 2 aliphatic rings. The lowest BCUT2D eigenvalue weighted by molar-refractivity contribution is -0.190. The van der Waals surface area contributed by atoms with Gasteiger partial charge in [0.25, 0.3) is 5.91 Å². The Morgan fingerprint density at radius 3 is 2.83 bits per heavy atom. The third-order valence-electron chi connectivity index (χ3n) is 4.87. The molecule has 2 aliphatic heterocycles. The molecular weight excluding hydrogens is 306 g/mol. The van der Waals surface area contributed by atoms with Crippen LogP contribution in [0.4, 0.5) is 0 Å². The van der Waals surface area contributed by atoms with Crippen LogP contribution in [-0.2, 0) is 9.53 Å². The number of pyridine rings is 1. The average Bonchev–Trinajstić information content (AvgIpc) is 2.58. The van der Waals surface area contributed by atoms with Gasteiger partial charge in [-0.15, -0.1) is 0 Å². The lowest BCUT2D eigenvalue weighted by Gasteiger charge is -2.53. The lowest BCUT2D eigenvalue weighted by atomic mass is 9.82. The molecule has 3 heterocycles.